The lowest BCUT2D eigenvalue weighted by atomic mass is 10.2. The molecule has 1 saturated heterocycles. The number of hydrogen-bond acceptors (Lipinski definition) is 5. The third kappa shape index (κ3) is 4.78. The molecule has 1 unspecified atom stereocenters. The van der Waals surface area contributed by atoms with E-state index in [1.807, 2.05) is 12.1 Å². The Kier molecular flexibility index (Phi) is 6.47. The highest BCUT2D eigenvalue weighted by Crippen LogP contribution is 2.34. The number of amides is 1. The fourth-order valence-electron chi connectivity index (χ4n) is 3.11. The SMILES string of the molecule is O=C(COc1ccc(Cl)cc1Cl)N(CC1CCCO1)c1nc2c(Cl)cccc2s1. The van der Waals surface area contributed by atoms with Crippen LogP contribution in [0.3, 0.4) is 0 Å². The summed E-state index contributed by atoms with van der Waals surface area (Å²) in [6.45, 7) is 0.932. The number of para-hydroxylation sites is 1. The van der Waals surface area contributed by atoms with Crippen LogP contribution in [0.4, 0.5) is 5.13 Å². The van der Waals surface area contributed by atoms with E-state index in [9.17, 15) is 4.79 Å². The van der Waals surface area contributed by atoms with Crippen molar-refractivity contribution in [3.05, 3.63) is 51.5 Å². The summed E-state index contributed by atoms with van der Waals surface area (Å²) in [4.78, 5) is 19.3. The number of carbonyl (C=O) groups is 1. The Labute approximate surface area is 187 Å². The van der Waals surface area contributed by atoms with Crippen molar-refractivity contribution in [1.82, 2.24) is 4.98 Å². The lowest BCUT2D eigenvalue weighted by Gasteiger charge is -2.23. The fourth-order valence-corrected chi connectivity index (χ4v) is 4.86. The fraction of sp³-hybridized carbons (Fsp3) is 0.300. The van der Waals surface area contributed by atoms with Crippen LogP contribution in [0.25, 0.3) is 10.2 Å². The molecule has 9 heteroatoms. The smallest absolute Gasteiger partial charge is 0.266 e. The Morgan fingerprint density at radius 3 is 2.83 bits per heavy atom. The van der Waals surface area contributed by atoms with E-state index in [1.165, 1.54) is 11.3 Å². The summed E-state index contributed by atoms with van der Waals surface area (Å²) in [5.41, 5.74) is 0.681. The van der Waals surface area contributed by atoms with Crippen LogP contribution in [-0.2, 0) is 9.53 Å². The summed E-state index contributed by atoms with van der Waals surface area (Å²) in [5, 5.41) is 1.97. The van der Waals surface area contributed by atoms with Gasteiger partial charge in [0, 0.05) is 11.6 Å². The van der Waals surface area contributed by atoms with Crippen LogP contribution in [0.1, 0.15) is 12.8 Å². The Morgan fingerprint density at radius 1 is 1.24 bits per heavy atom. The van der Waals surface area contributed by atoms with Gasteiger partial charge in [0.1, 0.15) is 11.3 Å². The molecule has 0 aliphatic carbocycles. The predicted molar refractivity (Wildman–Crippen MR) is 118 cm³/mol. The van der Waals surface area contributed by atoms with Gasteiger partial charge in [-0.25, -0.2) is 4.98 Å². The van der Waals surface area contributed by atoms with Crippen LogP contribution in [0, 0.1) is 0 Å². The summed E-state index contributed by atoms with van der Waals surface area (Å²) >= 11 is 19.7. The van der Waals surface area contributed by atoms with Gasteiger partial charge < -0.3 is 9.47 Å². The van der Waals surface area contributed by atoms with Crippen molar-refractivity contribution in [3.63, 3.8) is 0 Å². The molecule has 0 radical (unpaired) electrons. The van der Waals surface area contributed by atoms with Gasteiger partial charge in [0.05, 0.1) is 27.4 Å². The number of anilines is 1. The van der Waals surface area contributed by atoms with Crippen LogP contribution in [0.2, 0.25) is 15.1 Å². The highest BCUT2D eigenvalue weighted by atomic mass is 35.5. The minimum atomic E-state index is -0.235. The van der Waals surface area contributed by atoms with Crippen LogP contribution in [-0.4, -0.2) is 36.8 Å². The number of benzene rings is 2. The Morgan fingerprint density at radius 2 is 2.10 bits per heavy atom. The van der Waals surface area contributed by atoms with Crippen molar-refractivity contribution < 1.29 is 14.3 Å². The highest BCUT2D eigenvalue weighted by Gasteiger charge is 2.27. The molecule has 0 spiro atoms. The van der Waals surface area contributed by atoms with Crippen molar-refractivity contribution in [2.45, 2.75) is 18.9 Å². The number of nitrogens with zero attached hydrogens (tertiary/aromatic N) is 2. The number of carbonyl (C=O) groups excluding carboxylic acids is 1. The molecule has 1 aliphatic rings. The molecule has 5 nitrogen and oxygen atoms in total. The van der Waals surface area contributed by atoms with E-state index >= 15 is 0 Å². The van der Waals surface area contributed by atoms with Gasteiger partial charge in [-0.15, -0.1) is 0 Å². The average Bonchev–Trinajstić information content (AvgIpc) is 3.35. The first kappa shape index (κ1) is 20.7. The molecule has 0 N–H and O–H groups in total. The van der Waals surface area contributed by atoms with Crippen LogP contribution >= 0.6 is 46.1 Å². The summed E-state index contributed by atoms with van der Waals surface area (Å²) in [5.74, 6) is 0.163. The van der Waals surface area contributed by atoms with Crippen LogP contribution < -0.4 is 9.64 Å². The first-order valence-corrected chi connectivity index (χ1v) is 11.0. The molecule has 1 aromatic heterocycles. The van der Waals surface area contributed by atoms with Crippen molar-refractivity contribution in [2.75, 3.05) is 24.7 Å². The normalized spacial score (nSPS) is 16.3. The molecule has 0 saturated carbocycles. The largest absolute Gasteiger partial charge is 0.482 e. The van der Waals surface area contributed by atoms with E-state index in [4.69, 9.17) is 44.3 Å². The predicted octanol–water partition coefficient (Wildman–Crippen LogP) is 5.85. The molecule has 1 aliphatic heterocycles. The number of aromatic nitrogens is 1. The summed E-state index contributed by atoms with van der Waals surface area (Å²) in [6, 6.07) is 10.5. The van der Waals surface area contributed by atoms with E-state index in [-0.39, 0.29) is 18.6 Å². The van der Waals surface area contributed by atoms with E-state index < -0.39 is 0 Å². The number of rotatable bonds is 6. The second-order valence-corrected chi connectivity index (χ2v) is 8.85. The van der Waals surface area contributed by atoms with Gasteiger partial charge in [-0.2, -0.15) is 0 Å². The zero-order valence-electron chi connectivity index (χ0n) is 15.2. The summed E-state index contributed by atoms with van der Waals surface area (Å²) in [7, 11) is 0. The summed E-state index contributed by atoms with van der Waals surface area (Å²) < 4.78 is 12.3. The van der Waals surface area contributed by atoms with E-state index in [2.05, 4.69) is 4.98 Å². The molecular formula is C20H17Cl3N2O3S. The molecule has 2 heterocycles. The van der Waals surface area contributed by atoms with Gasteiger partial charge in [0.15, 0.2) is 11.7 Å². The van der Waals surface area contributed by atoms with Crippen molar-refractivity contribution >= 4 is 67.4 Å². The van der Waals surface area contributed by atoms with Gasteiger partial charge in [0.2, 0.25) is 0 Å². The molecule has 4 rings (SSSR count). The first-order valence-electron chi connectivity index (χ1n) is 9.06. The third-order valence-corrected chi connectivity index (χ3v) is 6.42. The molecule has 29 heavy (non-hydrogen) atoms. The Balaban J connectivity index is 1.56. The average molecular weight is 472 g/mol. The van der Waals surface area contributed by atoms with Crippen molar-refractivity contribution in [2.24, 2.45) is 0 Å². The molecule has 152 valence electrons. The standard InChI is InChI=1S/C20H17Cl3N2O3S/c21-12-6-7-16(15(23)9-12)28-11-18(26)25(10-13-3-2-8-27-13)20-24-19-14(22)4-1-5-17(19)29-20/h1,4-7,9,13H,2-3,8,10-11H2. The van der Waals surface area contributed by atoms with Gasteiger partial charge in [-0.3, -0.25) is 9.69 Å². The van der Waals surface area contributed by atoms with E-state index in [1.54, 1.807) is 29.2 Å². The molecule has 1 fully saturated rings. The second kappa shape index (κ2) is 9.06. The topological polar surface area (TPSA) is 51.7 Å². The van der Waals surface area contributed by atoms with E-state index in [0.29, 0.717) is 44.6 Å². The summed E-state index contributed by atoms with van der Waals surface area (Å²) in [6.07, 6.45) is 1.86. The molecule has 2 aromatic carbocycles. The molecule has 1 atom stereocenters. The zero-order chi connectivity index (χ0) is 20.4. The minimum Gasteiger partial charge on any atom is -0.482 e. The highest BCUT2D eigenvalue weighted by molar-refractivity contribution is 7.22. The Hall–Kier alpha value is -1.57. The number of thiazole rings is 1. The lowest BCUT2D eigenvalue weighted by molar-refractivity contribution is -0.120. The first-order chi connectivity index (χ1) is 14.0. The van der Waals surface area contributed by atoms with Gasteiger partial charge in [-0.05, 0) is 43.2 Å². The number of fused-ring (bicyclic) bond motifs is 1. The lowest BCUT2D eigenvalue weighted by Crippen LogP contribution is -2.40. The number of ether oxygens (including phenoxy) is 2. The third-order valence-electron chi connectivity index (χ3n) is 4.55. The quantitative estimate of drug-likeness (QED) is 0.453. The van der Waals surface area contributed by atoms with Crippen LogP contribution in [0.5, 0.6) is 5.75 Å². The minimum absolute atomic E-state index is 0.0273. The molecule has 0 bridgehead atoms. The van der Waals surface area contributed by atoms with Crippen LogP contribution in [0.15, 0.2) is 36.4 Å². The molecule has 1 amide bonds. The van der Waals surface area contributed by atoms with Crippen molar-refractivity contribution in [1.29, 1.82) is 0 Å². The van der Waals surface area contributed by atoms with Gasteiger partial charge in [-0.1, -0.05) is 52.2 Å². The Bertz CT molecular complexity index is 1040. The maximum absolute atomic E-state index is 13.1. The maximum Gasteiger partial charge on any atom is 0.266 e. The number of hydrogen-bond donors (Lipinski definition) is 0. The van der Waals surface area contributed by atoms with Gasteiger partial charge >= 0.3 is 0 Å². The zero-order valence-corrected chi connectivity index (χ0v) is 18.3. The number of halogens is 3. The van der Waals surface area contributed by atoms with E-state index in [0.717, 1.165) is 17.5 Å². The maximum atomic E-state index is 13.1. The van der Waals surface area contributed by atoms with Crippen molar-refractivity contribution in [3.8, 4) is 5.75 Å². The second-order valence-electron chi connectivity index (χ2n) is 6.59. The molecule has 3 aromatic rings. The van der Waals surface area contributed by atoms with Gasteiger partial charge in [0.25, 0.3) is 5.91 Å². The monoisotopic (exact) mass is 470 g/mol. The molecular weight excluding hydrogens is 455 g/mol.